The summed E-state index contributed by atoms with van der Waals surface area (Å²) in [5.74, 6) is 0. The Morgan fingerprint density at radius 1 is 0.690 bits per heavy atom. The lowest BCUT2D eigenvalue weighted by Crippen LogP contribution is -2.41. The molecule has 0 spiro atoms. The average Bonchev–Trinajstić information content (AvgIpc) is 2.80. The number of hydrogen-bond donors (Lipinski definition) is 0. The van der Waals surface area contributed by atoms with Crippen LogP contribution in [0.1, 0.15) is 46.0 Å². The van der Waals surface area contributed by atoms with Crippen molar-refractivity contribution in [1.29, 1.82) is 0 Å². The molecule has 0 aliphatic heterocycles. The van der Waals surface area contributed by atoms with Crippen LogP contribution in [0, 0.1) is 0 Å². The Bertz CT molecular complexity index is 653. The largest absolute Gasteiger partial charge is 0.269 e. The van der Waals surface area contributed by atoms with Gasteiger partial charge in [-0.2, -0.15) is 0 Å². The van der Waals surface area contributed by atoms with E-state index in [-0.39, 0.29) is 0 Å². The molecular weight excluding hydrogens is 392 g/mol. The molecule has 0 unspecified atom stereocenters. The van der Waals surface area contributed by atoms with Crippen molar-refractivity contribution in [3.63, 3.8) is 0 Å². The second kappa shape index (κ2) is 11.5. The molecule has 3 nitrogen and oxygen atoms in total. The smallest absolute Gasteiger partial charge is 0.0774 e. The van der Waals surface area contributed by atoms with Crippen LogP contribution < -0.4 is 10.6 Å². The van der Waals surface area contributed by atoms with Gasteiger partial charge < -0.3 is 0 Å². The first-order valence-corrected chi connectivity index (χ1v) is 13.6. The fourth-order valence-electron chi connectivity index (χ4n) is 4.04. The zero-order valence-electron chi connectivity index (χ0n) is 18.5. The van der Waals surface area contributed by atoms with Crippen LogP contribution in [0.5, 0.6) is 0 Å². The molecule has 2 aromatic carbocycles. The minimum Gasteiger partial charge on any atom is -0.269 e. The molecule has 0 amide bonds. The van der Waals surface area contributed by atoms with E-state index in [2.05, 4.69) is 102 Å². The Kier molecular flexibility index (Phi) is 9.09. The van der Waals surface area contributed by atoms with Gasteiger partial charge in [-0.05, 0) is 26.9 Å². The van der Waals surface area contributed by atoms with Crippen LogP contribution in [0.2, 0.25) is 0 Å². The lowest BCUT2D eigenvalue weighted by atomic mass is 9.96. The van der Waals surface area contributed by atoms with Gasteiger partial charge in [-0.25, -0.2) is 4.44 Å². The van der Waals surface area contributed by atoms with Gasteiger partial charge in [0.2, 0.25) is 0 Å². The molecule has 29 heavy (non-hydrogen) atoms. The maximum atomic E-state index is 2.96. The first kappa shape index (κ1) is 22.9. The Morgan fingerprint density at radius 3 is 1.48 bits per heavy atom. The van der Waals surface area contributed by atoms with Gasteiger partial charge in [-0.15, -0.1) is 0 Å². The molecule has 0 heterocycles. The van der Waals surface area contributed by atoms with Crippen LogP contribution in [0.4, 0.5) is 0 Å². The highest BCUT2D eigenvalue weighted by molar-refractivity contribution is 7.75. The van der Waals surface area contributed by atoms with Gasteiger partial charge in [0.15, 0.2) is 0 Å². The van der Waals surface area contributed by atoms with Gasteiger partial charge in [0.1, 0.15) is 0 Å². The summed E-state index contributed by atoms with van der Waals surface area (Å²) in [4.78, 5) is 0. The van der Waals surface area contributed by atoms with Gasteiger partial charge in [0.05, 0.1) is 16.4 Å². The van der Waals surface area contributed by atoms with E-state index in [1.807, 2.05) is 0 Å². The van der Waals surface area contributed by atoms with Gasteiger partial charge in [-0.3, -0.25) is 9.34 Å². The lowest BCUT2D eigenvalue weighted by Gasteiger charge is -2.49. The quantitative estimate of drug-likeness (QED) is 0.467. The van der Waals surface area contributed by atoms with E-state index in [4.69, 9.17) is 0 Å². The average molecular weight is 430 g/mol. The summed E-state index contributed by atoms with van der Waals surface area (Å²) in [6, 6.07) is 23.2. The Morgan fingerprint density at radius 2 is 1.10 bits per heavy atom. The second-order valence-corrected chi connectivity index (χ2v) is 12.5. The molecule has 1 aliphatic rings. The van der Waals surface area contributed by atoms with Gasteiger partial charge >= 0.3 is 0 Å². The Hall–Kier alpha value is -0.820. The highest BCUT2D eigenvalue weighted by atomic mass is 31.2. The summed E-state index contributed by atoms with van der Waals surface area (Å²) >= 11 is 0. The lowest BCUT2D eigenvalue weighted by molar-refractivity contribution is 0.334. The third-order valence-electron chi connectivity index (χ3n) is 5.83. The predicted molar refractivity (Wildman–Crippen MR) is 131 cm³/mol. The molecule has 1 aliphatic carbocycles. The van der Waals surface area contributed by atoms with Crippen LogP contribution >= 0.6 is 16.4 Å². The van der Waals surface area contributed by atoms with Crippen LogP contribution in [-0.2, 0) is 0 Å². The summed E-state index contributed by atoms with van der Waals surface area (Å²) in [5, 5.41) is 2.95. The van der Waals surface area contributed by atoms with E-state index in [9.17, 15) is 0 Å². The van der Waals surface area contributed by atoms with E-state index < -0.39 is 16.4 Å². The number of benzene rings is 2. The molecule has 2 aromatic rings. The maximum absolute atomic E-state index is 2.96. The highest BCUT2D eigenvalue weighted by Gasteiger charge is 2.38. The van der Waals surface area contributed by atoms with Crippen LogP contribution in [0.25, 0.3) is 0 Å². The second-order valence-electron chi connectivity index (χ2n) is 7.81. The number of rotatable bonds is 9. The molecule has 3 rings (SSSR count). The van der Waals surface area contributed by atoms with Crippen molar-refractivity contribution in [3.8, 4) is 0 Å². The topological polar surface area (TPSA) is 9.72 Å². The molecule has 1 fully saturated rings. The molecule has 0 radical (unpaired) electrons. The minimum atomic E-state index is -0.551. The molecule has 0 N–H and O–H groups in total. The van der Waals surface area contributed by atoms with E-state index >= 15 is 0 Å². The zero-order chi connectivity index (χ0) is 20.6. The molecule has 0 bridgehead atoms. The standard InChI is InChI=1S/C24H37N3P2/c1-5-25(3)28(23-18-12-8-13-19-23)27(22-16-10-7-11-17-22)29(26(4)6-2)24-20-14-9-15-21-24/h8-9,12-15,18-22H,5-7,10-11,16-17H2,1-4H3/t28-,29+. The van der Waals surface area contributed by atoms with Crippen molar-refractivity contribution in [2.24, 2.45) is 0 Å². The monoisotopic (exact) mass is 429 g/mol. The summed E-state index contributed by atoms with van der Waals surface area (Å²) in [6.07, 6.45) is 6.77. The minimum absolute atomic E-state index is 0.551. The van der Waals surface area contributed by atoms with Gasteiger partial charge in [0, 0.05) is 29.7 Å². The highest BCUT2D eigenvalue weighted by Crippen LogP contribution is 2.60. The van der Waals surface area contributed by atoms with Crippen LogP contribution in [0.3, 0.4) is 0 Å². The van der Waals surface area contributed by atoms with Crippen LogP contribution in [-0.4, -0.2) is 47.0 Å². The summed E-state index contributed by atoms with van der Waals surface area (Å²) < 4.78 is 8.16. The van der Waals surface area contributed by atoms with Crippen molar-refractivity contribution >= 4 is 27.1 Å². The molecule has 0 saturated heterocycles. The first-order valence-electron chi connectivity index (χ1n) is 11.1. The third kappa shape index (κ3) is 5.66. The Labute approximate surface area is 180 Å². The molecule has 2 atom stereocenters. The van der Waals surface area contributed by atoms with Crippen molar-refractivity contribution in [3.05, 3.63) is 60.7 Å². The summed E-state index contributed by atoms with van der Waals surface area (Å²) in [5.41, 5.74) is 0. The number of nitrogens with zero attached hydrogens (tertiary/aromatic N) is 3. The molecule has 158 valence electrons. The molecular formula is C24H37N3P2. The predicted octanol–water partition coefficient (Wildman–Crippen LogP) is 5.80. The Balaban J connectivity index is 2.12. The van der Waals surface area contributed by atoms with Crippen molar-refractivity contribution in [2.45, 2.75) is 52.0 Å². The normalized spacial score (nSPS) is 17.8. The molecule has 0 aromatic heterocycles. The molecule has 5 heteroatoms. The first-order chi connectivity index (χ1) is 14.2. The van der Waals surface area contributed by atoms with Crippen molar-refractivity contribution in [1.82, 2.24) is 13.8 Å². The SMILES string of the molecule is CCN(C)[P@@](c1ccccc1)N(C1CCCCC1)[P@@](c1ccccc1)N(C)CC. The summed E-state index contributed by atoms with van der Waals surface area (Å²) in [6.45, 7) is 6.73. The molecule has 1 saturated carbocycles. The van der Waals surface area contributed by atoms with Crippen molar-refractivity contribution in [2.75, 3.05) is 27.2 Å². The zero-order valence-corrected chi connectivity index (χ0v) is 20.3. The van der Waals surface area contributed by atoms with Gasteiger partial charge in [-0.1, -0.05) is 93.8 Å². The van der Waals surface area contributed by atoms with E-state index in [1.54, 1.807) is 0 Å². The van der Waals surface area contributed by atoms with Crippen molar-refractivity contribution < 1.29 is 0 Å². The van der Waals surface area contributed by atoms with Gasteiger partial charge in [0.25, 0.3) is 0 Å². The van der Waals surface area contributed by atoms with E-state index in [0.717, 1.165) is 13.1 Å². The summed E-state index contributed by atoms with van der Waals surface area (Å²) in [7, 11) is 3.54. The maximum Gasteiger partial charge on any atom is 0.0774 e. The fourth-order valence-corrected chi connectivity index (χ4v) is 10.5. The van der Waals surface area contributed by atoms with E-state index in [1.165, 1.54) is 42.7 Å². The van der Waals surface area contributed by atoms with Crippen LogP contribution in [0.15, 0.2) is 60.7 Å². The fraction of sp³-hybridized carbons (Fsp3) is 0.500. The number of hydrogen-bond acceptors (Lipinski definition) is 3. The third-order valence-corrected chi connectivity index (χ3v) is 11.7. The van der Waals surface area contributed by atoms with E-state index in [0.29, 0.717) is 6.04 Å².